The Labute approximate surface area is 176 Å². The highest BCUT2D eigenvalue weighted by Gasteiger charge is 2.35. The molecule has 0 saturated carbocycles. The molecule has 3 aromatic rings. The molecule has 9 nitrogen and oxygen atoms in total. The van der Waals surface area contributed by atoms with Gasteiger partial charge in [0.1, 0.15) is 5.03 Å². The quantitative estimate of drug-likeness (QED) is 0.264. The third-order valence-corrected chi connectivity index (χ3v) is 4.81. The predicted molar refractivity (Wildman–Crippen MR) is 104 cm³/mol. The van der Waals surface area contributed by atoms with E-state index in [1.807, 2.05) is 0 Å². The molecular weight excluding hydrogens is 439 g/mol. The van der Waals surface area contributed by atoms with Crippen molar-refractivity contribution in [1.82, 2.24) is 20.8 Å². The monoisotopic (exact) mass is 451 g/mol. The van der Waals surface area contributed by atoms with Gasteiger partial charge >= 0.3 is 6.18 Å². The zero-order chi connectivity index (χ0) is 22.6. The molecule has 0 aliphatic carbocycles. The van der Waals surface area contributed by atoms with Gasteiger partial charge in [0.2, 0.25) is 11.7 Å². The largest absolute Gasteiger partial charge is 0.451 e. The number of nitro benzene ring substituents is 1. The van der Waals surface area contributed by atoms with E-state index in [2.05, 4.69) is 20.8 Å². The summed E-state index contributed by atoms with van der Waals surface area (Å²) in [4.78, 5) is 41.0. The number of nitrogens with zero attached hydrogens (tertiary/aromatic N) is 3. The van der Waals surface area contributed by atoms with Crippen LogP contribution < -0.4 is 10.9 Å². The lowest BCUT2D eigenvalue weighted by molar-refractivity contribution is -0.384. The van der Waals surface area contributed by atoms with Crippen molar-refractivity contribution in [2.75, 3.05) is 5.75 Å². The molecule has 0 aliphatic rings. The summed E-state index contributed by atoms with van der Waals surface area (Å²) < 4.78 is 39.1. The number of thioether (sulfide) groups is 1. The summed E-state index contributed by atoms with van der Waals surface area (Å²) in [7, 11) is 0. The number of amides is 2. The first-order chi connectivity index (χ1) is 14.6. The average molecular weight is 451 g/mol. The number of hydrogen-bond acceptors (Lipinski definition) is 7. The van der Waals surface area contributed by atoms with E-state index in [0.717, 1.165) is 23.9 Å². The number of carbonyl (C=O) groups excluding carboxylic acids is 2. The Kier molecular flexibility index (Phi) is 6.34. The van der Waals surface area contributed by atoms with Crippen molar-refractivity contribution in [3.05, 3.63) is 70.0 Å². The summed E-state index contributed by atoms with van der Waals surface area (Å²) in [6.07, 6.45) is -4.75. The number of nitrogens with one attached hydrogen (secondary N) is 2. The van der Waals surface area contributed by atoms with Crippen LogP contribution in [0.25, 0.3) is 10.9 Å². The van der Waals surface area contributed by atoms with Gasteiger partial charge in [-0.15, -0.1) is 0 Å². The summed E-state index contributed by atoms with van der Waals surface area (Å²) >= 11 is 0.752. The minimum atomic E-state index is -4.75. The summed E-state index contributed by atoms with van der Waals surface area (Å²) in [5.74, 6) is -3.07. The molecule has 1 heterocycles. The number of alkyl halides is 3. The minimum Gasteiger partial charge on any atom is -0.272 e. The minimum absolute atomic E-state index is 0.0326. The molecule has 0 atom stereocenters. The van der Waals surface area contributed by atoms with Gasteiger partial charge in [0.05, 0.1) is 16.2 Å². The fraction of sp³-hybridized carbons (Fsp3) is 0.111. The normalized spacial score (nSPS) is 11.2. The third-order valence-electron chi connectivity index (χ3n) is 3.82. The van der Waals surface area contributed by atoms with E-state index < -0.39 is 28.7 Å². The smallest absolute Gasteiger partial charge is 0.272 e. The standard InChI is InChI=1S/C18H12F3N5O4S/c19-18(20,21)17-22-13-4-2-1-3-12(13)16(23-17)31-9-14(27)24-25-15(28)10-5-7-11(8-6-10)26(29)30/h1-8H,9H2,(H,24,27)(H,25,28). The second kappa shape index (κ2) is 8.95. The zero-order valence-corrected chi connectivity index (χ0v) is 16.2. The molecule has 0 spiro atoms. The van der Waals surface area contributed by atoms with E-state index in [1.54, 1.807) is 6.07 Å². The number of rotatable bonds is 5. The molecule has 0 radical (unpaired) electrons. The molecule has 3 rings (SSSR count). The van der Waals surface area contributed by atoms with Crippen LogP contribution in [0.5, 0.6) is 0 Å². The molecule has 2 N–H and O–H groups in total. The molecule has 0 fully saturated rings. The maximum Gasteiger partial charge on any atom is 0.451 e. The summed E-state index contributed by atoms with van der Waals surface area (Å²) in [5.41, 5.74) is 4.19. The highest BCUT2D eigenvalue weighted by atomic mass is 32.2. The molecular formula is C18H12F3N5O4S. The highest BCUT2D eigenvalue weighted by Crippen LogP contribution is 2.31. The molecule has 2 aromatic carbocycles. The van der Waals surface area contributed by atoms with Gasteiger partial charge in [-0.2, -0.15) is 13.2 Å². The van der Waals surface area contributed by atoms with Gasteiger partial charge in [-0.25, -0.2) is 9.97 Å². The number of benzene rings is 2. The van der Waals surface area contributed by atoms with Crippen LogP contribution in [0, 0.1) is 10.1 Å². The van der Waals surface area contributed by atoms with Gasteiger partial charge in [-0.1, -0.05) is 30.0 Å². The lowest BCUT2D eigenvalue weighted by Crippen LogP contribution is -2.42. The van der Waals surface area contributed by atoms with Gasteiger partial charge in [0, 0.05) is 23.1 Å². The topological polar surface area (TPSA) is 127 Å². The second-order valence-electron chi connectivity index (χ2n) is 5.96. The number of nitro groups is 1. The van der Waals surface area contributed by atoms with Crippen LogP contribution in [-0.4, -0.2) is 32.5 Å². The fourth-order valence-electron chi connectivity index (χ4n) is 2.39. The molecule has 160 valence electrons. The van der Waals surface area contributed by atoms with E-state index in [0.29, 0.717) is 5.39 Å². The molecule has 2 amide bonds. The van der Waals surface area contributed by atoms with Crippen molar-refractivity contribution in [2.24, 2.45) is 0 Å². The van der Waals surface area contributed by atoms with E-state index in [-0.39, 0.29) is 27.5 Å². The van der Waals surface area contributed by atoms with Crippen molar-refractivity contribution in [3.8, 4) is 0 Å². The number of hydrogen-bond donors (Lipinski definition) is 2. The van der Waals surface area contributed by atoms with Gasteiger partial charge < -0.3 is 0 Å². The molecule has 31 heavy (non-hydrogen) atoms. The average Bonchev–Trinajstić information content (AvgIpc) is 2.75. The summed E-state index contributed by atoms with van der Waals surface area (Å²) in [6.45, 7) is 0. The van der Waals surface area contributed by atoms with E-state index in [9.17, 15) is 32.9 Å². The Morgan fingerprint density at radius 1 is 1.03 bits per heavy atom. The Bertz CT molecular complexity index is 1160. The fourth-order valence-corrected chi connectivity index (χ4v) is 3.21. The number of halogens is 3. The first-order valence-corrected chi connectivity index (χ1v) is 9.44. The predicted octanol–water partition coefficient (Wildman–Crippen LogP) is 3.11. The van der Waals surface area contributed by atoms with Crippen molar-refractivity contribution >= 4 is 40.2 Å². The van der Waals surface area contributed by atoms with Crippen molar-refractivity contribution in [1.29, 1.82) is 0 Å². The van der Waals surface area contributed by atoms with Gasteiger partial charge in [-0.3, -0.25) is 30.6 Å². The van der Waals surface area contributed by atoms with Crippen molar-refractivity contribution < 1.29 is 27.7 Å². The van der Waals surface area contributed by atoms with Crippen LogP contribution in [0.15, 0.2) is 53.6 Å². The number of aromatic nitrogens is 2. The van der Waals surface area contributed by atoms with Gasteiger partial charge in [-0.05, 0) is 18.2 Å². The molecule has 13 heteroatoms. The molecule has 0 saturated heterocycles. The lowest BCUT2D eigenvalue weighted by atomic mass is 10.2. The number of para-hydroxylation sites is 1. The Morgan fingerprint density at radius 2 is 1.71 bits per heavy atom. The van der Waals surface area contributed by atoms with Gasteiger partial charge in [0.25, 0.3) is 11.6 Å². The first kappa shape index (κ1) is 22.0. The van der Waals surface area contributed by atoms with E-state index in [1.165, 1.54) is 30.3 Å². The Hall–Kier alpha value is -3.74. The Balaban J connectivity index is 1.63. The molecule has 1 aromatic heterocycles. The molecule has 0 unspecified atom stereocenters. The molecule has 0 aliphatic heterocycles. The first-order valence-electron chi connectivity index (χ1n) is 8.45. The second-order valence-corrected chi connectivity index (χ2v) is 6.93. The maximum atomic E-state index is 13.0. The summed E-state index contributed by atoms with van der Waals surface area (Å²) in [6, 6.07) is 10.8. The Morgan fingerprint density at radius 3 is 2.35 bits per heavy atom. The van der Waals surface area contributed by atoms with Crippen LogP contribution >= 0.6 is 11.8 Å². The highest BCUT2D eigenvalue weighted by molar-refractivity contribution is 8.00. The van der Waals surface area contributed by atoms with Crippen LogP contribution in [0.2, 0.25) is 0 Å². The van der Waals surface area contributed by atoms with Crippen LogP contribution in [0.1, 0.15) is 16.2 Å². The van der Waals surface area contributed by atoms with Crippen molar-refractivity contribution in [2.45, 2.75) is 11.2 Å². The number of hydrazine groups is 1. The zero-order valence-electron chi connectivity index (χ0n) is 15.3. The number of non-ortho nitro benzene ring substituents is 1. The third kappa shape index (κ3) is 5.45. The molecule has 0 bridgehead atoms. The maximum absolute atomic E-state index is 13.0. The van der Waals surface area contributed by atoms with E-state index in [4.69, 9.17) is 0 Å². The van der Waals surface area contributed by atoms with Crippen LogP contribution in [-0.2, 0) is 11.0 Å². The number of carbonyl (C=O) groups is 2. The van der Waals surface area contributed by atoms with Gasteiger partial charge in [0.15, 0.2) is 0 Å². The SMILES string of the molecule is O=C(CSc1nc(C(F)(F)F)nc2ccccc12)NNC(=O)c1ccc([N+](=O)[O-])cc1. The van der Waals surface area contributed by atoms with Crippen LogP contribution in [0.3, 0.4) is 0 Å². The van der Waals surface area contributed by atoms with E-state index >= 15 is 0 Å². The number of fused-ring (bicyclic) bond motifs is 1. The summed E-state index contributed by atoms with van der Waals surface area (Å²) in [5, 5.41) is 10.9. The van der Waals surface area contributed by atoms with Crippen molar-refractivity contribution in [3.63, 3.8) is 0 Å². The lowest BCUT2D eigenvalue weighted by Gasteiger charge is -2.11. The van der Waals surface area contributed by atoms with Crippen LogP contribution in [0.4, 0.5) is 18.9 Å².